The summed E-state index contributed by atoms with van der Waals surface area (Å²) < 4.78 is 44.2. The molecule has 0 spiro atoms. The summed E-state index contributed by atoms with van der Waals surface area (Å²) in [6, 6.07) is 8.65. The number of nitrogen functional groups attached to an aromatic ring is 1. The number of amides is 2. The predicted molar refractivity (Wildman–Crippen MR) is 116 cm³/mol. The van der Waals surface area contributed by atoms with Crippen LogP contribution in [-0.2, 0) is 23.9 Å². The average Bonchev–Trinajstić information content (AvgIpc) is 3.40. The number of fused-ring (bicyclic) bond motifs is 1. The van der Waals surface area contributed by atoms with E-state index in [-0.39, 0.29) is 23.8 Å². The van der Waals surface area contributed by atoms with Crippen LogP contribution in [0.15, 0.2) is 36.4 Å². The summed E-state index contributed by atoms with van der Waals surface area (Å²) in [5.74, 6) is -0.294. The van der Waals surface area contributed by atoms with Crippen LogP contribution in [0.5, 0.6) is 5.75 Å². The fourth-order valence-corrected chi connectivity index (χ4v) is 4.15. The van der Waals surface area contributed by atoms with E-state index in [1.807, 2.05) is 12.1 Å². The Morgan fingerprint density at radius 1 is 1.18 bits per heavy atom. The topological polar surface area (TPSA) is 96.7 Å². The highest BCUT2D eigenvalue weighted by molar-refractivity contribution is 6.00. The van der Waals surface area contributed by atoms with Gasteiger partial charge in [-0.15, -0.1) is 0 Å². The van der Waals surface area contributed by atoms with Gasteiger partial charge in [-0.2, -0.15) is 13.2 Å². The van der Waals surface area contributed by atoms with Gasteiger partial charge in [0.05, 0.1) is 24.3 Å². The molecule has 2 heterocycles. The highest BCUT2D eigenvalue weighted by Crippen LogP contribution is 2.31. The third-order valence-electron chi connectivity index (χ3n) is 5.83. The van der Waals surface area contributed by atoms with Crippen molar-refractivity contribution < 1.29 is 27.5 Å². The van der Waals surface area contributed by atoms with E-state index in [2.05, 4.69) is 21.6 Å². The number of carbonyl (C=O) groups excluding carboxylic acids is 2. The van der Waals surface area contributed by atoms with E-state index in [1.165, 1.54) is 11.1 Å². The lowest BCUT2D eigenvalue weighted by atomic mass is 10.1. The maximum atomic E-state index is 12.9. The number of likely N-dealkylation sites (tertiary alicyclic amines) is 1. The van der Waals surface area contributed by atoms with Crippen molar-refractivity contribution in [3.63, 3.8) is 0 Å². The Balaban J connectivity index is 1.25. The summed E-state index contributed by atoms with van der Waals surface area (Å²) in [7, 11) is 0. The Morgan fingerprint density at radius 3 is 2.79 bits per heavy atom. The van der Waals surface area contributed by atoms with Gasteiger partial charge in [-0.05, 0) is 41.8 Å². The summed E-state index contributed by atoms with van der Waals surface area (Å²) in [5, 5.41) is 5.21. The molecule has 0 saturated carbocycles. The van der Waals surface area contributed by atoms with Crippen LogP contribution < -0.4 is 21.1 Å². The molecule has 0 aromatic heterocycles. The molecule has 10 heteroatoms. The molecule has 1 saturated heterocycles. The van der Waals surface area contributed by atoms with Gasteiger partial charge in [0.2, 0.25) is 5.91 Å². The molecule has 2 aromatic rings. The number of rotatable bonds is 6. The Labute approximate surface area is 189 Å². The van der Waals surface area contributed by atoms with Crippen molar-refractivity contribution in [2.24, 2.45) is 0 Å². The maximum Gasteiger partial charge on any atom is 0.416 e. The average molecular weight is 462 g/mol. The van der Waals surface area contributed by atoms with Crippen molar-refractivity contribution in [3.8, 4) is 5.75 Å². The monoisotopic (exact) mass is 462 g/mol. The molecular weight excluding hydrogens is 437 g/mol. The Kier molecular flexibility index (Phi) is 6.46. The minimum absolute atomic E-state index is 0.0641. The van der Waals surface area contributed by atoms with Crippen LogP contribution >= 0.6 is 0 Å². The number of hydrogen-bond acceptors (Lipinski definition) is 5. The molecular formula is C23H25F3N4O3. The van der Waals surface area contributed by atoms with Gasteiger partial charge in [0.1, 0.15) is 5.75 Å². The number of nitrogens with one attached hydrogen (secondary N) is 2. The largest absolute Gasteiger partial charge is 0.493 e. The van der Waals surface area contributed by atoms with Crippen LogP contribution in [0.3, 0.4) is 0 Å². The molecule has 2 aromatic carbocycles. The number of nitrogens with two attached hydrogens (primary N) is 1. The summed E-state index contributed by atoms with van der Waals surface area (Å²) in [6.45, 7) is 2.63. The van der Waals surface area contributed by atoms with Gasteiger partial charge in [-0.3, -0.25) is 14.5 Å². The van der Waals surface area contributed by atoms with Crippen LogP contribution in [0.1, 0.15) is 33.5 Å². The summed E-state index contributed by atoms with van der Waals surface area (Å²) in [5.41, 5.74) is 6.66. The molecule has 0 radical (unpaired) electrons. The first-order valence-electron chi connectivity index (χ1n) is 10.7. The van der Waals surface area contributed by atoms with Crippen molar-refractivity contribution in [2.75, 3.05) is 32.0 Å². The quantitative estimate of drug-likeness (QED) is 0.573. The molecule has 7 nitrogen and oxygen atoms in total. The van der Waals surface area contributed by atoms with Gasteiger partial charge in [0, 0.05) is 37.8 Å². The minimum Gasteiger partial charge on any atom is -0.493 e. The van der Waals surface area contributed by atoms with Gasteiger partial charge in [0.25, 0.3) is 5.91 Å². The second kappa shape index (κ2) is 9.30. The first-order chi connectivity index (χ1) is 15.7. The van der Waals surface area contributed by atoms with Crippen molar-refractivity contribution in [1.29, 1.82) is 0 Å². The molecule has 0 bridgehead atoms. The molecule has 1 fully saturated rings. The Morgan fingerprint density at radius 2 is 2.00 bits per heavy atom. The summed E-state index contributed by atoms with van der Waals surface area (Å²) in [4.78, 5) is 26.8. The number of benzene rings is 2. The van der Waals surface area contributed by atoms with Gasteiger partial charge in [0.15, 0.2) is 0 Å². The van der Waals surface area contributed by atoms with E-state index in [1.54, 1.807) is 0 Å². The maximum absolute atomic E-state index is 12.9. The van der Waals surface area contributed by atoms with Crippen molar-refractivity contribution >= 4 is 17.5 Å². The fraction of sp³-hybridized carbons (Fsp3) is 0.391. The van der Waals surface area contributed by atoms with Gasteiger partial charge < -0.3 is 21.1 Å². The molecule has 0 aliphatic carbocycles. The van der Waals surface area contributed by atoms with Gasteiger partial charge in [-0.1, -0.05) is 12.1 Å². The highest BCUT2D eigenvalue weighted by Gasteiger charge is 2.31. The lowest BCUT2D eigenvalue weighted by Gasteiger charge is -2.17. The zero-order valence-electron chi connectivity index (χ0n) is 17.9. The summed E-state index contributed by atoms with van der Waals surface area (Å²) >= 11 is 0. The number of alkyl halides is 3. The molecule has 4 N–H and O–H groups in total. The smallest absolute Gasteiger partial charge is 0.416 e. The number of anilines is 1. The molecule has 176 valence electrons. The van der Waals surface area contributed by atoms with Crippen LogP contribution in [0.25, 0.3) is 0 Å². The lowest BCUT2D eigenvalue weighted by Crippen LogP contribution is -2.43. The molecule has 4 rings (SSSR count). The first-order valence-corrected chi connectivity index (χ1v) is 10.7. The van der Waals surface area contributed by atoms with Crippen LogP contribution in [0.4, 0.5) is 18.9 Å². The van der Waals surface area contributed by atoms with Gasteiger partial charge in [-0.25, -0.2) is 0 Å². The number of ether oxygens (including phenoxy) is 1. The standard InChI is InChI=1S/C23H25F3N4O3/c24-23(25,26)16-2-3-19(27)18(10-16)22(32)28-11-21(31)29-17-5-7-30(13-17)12-14-1-4-20-15(9-14)6-8-33-20/h1-4,9-10,17H,5-8,11-13,27H2,(H,28,32)(H,29,31). The SMILES string of the molecule is Nc1ccc(C(F)(F)F)cc1C(=O)NCC(=O)NC1CCN(Cc2ccc3c(c2)CCO3)C1. The van der Waals surface area contributed by atoms with E-state index >= 15 is 0 Å². The second-order valence-corrected chi connectivity index (χ2v) is 8.31. The van der Waals surface area contributed by atoms with E-state index in [9.17, 15) is 22.8 Å². The van der Waals surface area contributed by atoms with E-state index in [0.29, 0.717) is 19.2 Å². The summed E-state index contributed by atoms with van der Waals surface area (Å²) in [6.07, 6.45) is -2.91. The zero-order valence-corrected chi connectivity index (χ0v) is 17.9. The number of carbonyl (C=O) groups is 2. The molecule has 1 unspecified atom stereocenters. The minimum atomic E-state index is -4.60. The number of halogens is 3. The Bertz CT molecular complexity index is 1060. The van der Waals surface area contributed by atoms with Crippen LogP contribution in [0, 0.1) is 0 Å². The molecule has 2 aliphatic rings. The first kappa shape index (κ1) is 22.9. The fourth-order valence-electron chi connectivity index (χ4n) is 4.15. The molecule has 2 amide bonds. The lowest BCUT2D eigenvalue weighted by molar-refractivity contribution is -0.137. The van der Waals surface area contributed by atoms with E-state index in [0.717, 1.165) is 43.8 Å². The zero-order chi connectivity index (χ0) is 23.6. The number of hydrogen-bond donors (Lipinski definition) is 3. The predicted octanol–water partition coefficient (Wildman–Crippen LogP) is 2.34. The normalized spacial score (nSPS) is 18.0. The van der Waals surface area contributed by atoms with Crippen molar-refractivity contribution in [3.05, 3.63) is 58.7 Å². The Hall–Kier alpha value is -3.27. The number of nitrogens with zero attached hydrogens (tertiary/aromatic N) is 1. The molecule has 2 aliphatic heterocycles. The van der Waals surface area contributed by atoms with Crippen molar-refractivity contribution in [1.82, 2.24) is 15.5 Å². The highest BCUT2D eigenvalue weighted by atomic mass is 19.4. The van der Waals surface area contributed by atoms with Gasteiger partial charge >= 0.3 is 6.18 Å². The van der Waals surface area contributed by atoms with E-state index in [4.69, 9.17) is 10.5 Å². The van der Waals surface area contributed by atoms with Crippen LogP contribution in [0.2, 0.25) is 0 Å². The van der Waals surface area contributed by atoms with Crippen molar-refractivity contribution in [2.45, 2.75) is 31.6 Å². The third kappa shape index (κ3) is 5.57. The second-order valence-electron chi connectivity index (χ2n) is 8.31. The third-order valence-corrected chi connectivity index (χ3v) is 5.83. The van der Waals surface area contributed by atoms with Crippen LogP contribution in [-0.4, -0.2) is 49.0 Å². The molecule has 33 heavy (non-hydrogen) atoms. The van der Waals surface area contributed by atoms with E-state index < -0.39 is 23.6 Å². The molecule has 1 atom stereocenters.